The quantitative estimate of drug-likeness (QED) is 0.413. The summed E-state index contributed by atoms with van der Waals surface area (Å²) >= 11 is 12.3. The maximum Gasteiger partial charge on any atom is 0.471 e. The number of primary amides is 1. The van der Waals surface area contributed by atoms with Crippen molar-refractivity contribution >= 4 is 52.6 Å². The van der Waals surface area contributed by atoms with Crippen LogP contribution in [0.15, 0.2) is 9.59 Å². The molecular formula is C28H40Cl2F3N9O6. The zero-order valence-corrected chi connectivity index (χ0v) is 27.9. The Morgan fingerprint density at radius 2 is 1.44 bits per heavy atom. The minimum absolute atomic E-state index is 0. The first-order chi connectivity index (χ1) is 22.0. The van der Waals surface area contributed by atoms with Crippen molar-refractivity contribution in [2.24, 2.45) is 19.8 Å². The highest BCUT2D eigenvalue weighted by atomic mass is 35.5. The van der Waals surface area contributed by atoms with Gasteiger partial charge in [0, 0.05) is 65.4 Å². The van der Waals surface area contributed by atoms with Gasteiger partial charge >= 0.3 is 18.1 Å². The van der Waals surface area contributed by atoms with Gasteiger partial charge in [-0.2, -0.15) is 13.2 Å². The predicted molar refractivity (Wildman–Crippen MR) is 174 cm³/mol. The van der Waals surface area contributed by atoms with E-state index >= 15 is 0 Å². The third kappa shape index (κ3) is 8.57. The molecule has 20 heteroatoms. The van der Waals surface area contributed by atoms with E-state index in [0.29, 0.717) is 11.9 Å². The third-order valence-corrected chi connectivity index (χ3v) is 8.36. The first-order valence-electron chi connectivity index (χ1n) is 14.5. The Morgan fingerprint density at radius 3 is 1.92 bits per heavy atom. The molecule has 0 unspecified atom stereocenters. The van der Waals surface area contributed by atoms with Crippen molar-refractivity contribution in [1.82, 2.24) is 29.3 Å². The standard InChI is InChI=1S/C15H18ClF3N4O4.C12H18ClN5O2.CH4/c1-4-8-7-22(5-6-23(8)14(26)15(17,18)19)11-10(16)20-9(13(25)27-3)12(24)21(11)2;1-3-7-6-18(5-4-15-7)11-9(13)16-8(10(14)19)12(20)17(11)2;/h8H,4-7H2,1-3H3;7,15H,3-6H2,1-2H3,(H2,14,19);1H4/t8-;7-;/m00./s1. The molecule has 2 aliphatic heterocycles. The van der Waals surface area contributed by atoms with E-state index in [9.17, 15) is 37.1 Å². The van der Waals surface area contributed by atoms with Crippen LogP contribution in [0.3, 0.4) is 0 Å². The fraction of sp³-hybridized carbons (Fsp3) is 0.607. The molecular weight excluding hydrogens is 686 g/mol. The van der Waals surface area contributed by atoms with Crippen molar-refractivity contribution in [3.63, 3.8) is 0 Å². The fourth-order valence-electron chi connectivity index (χ4n) is 5.37. The molecule has 15 nitrogen and oxygen atoms in total. The number of ether oxygens (including phenoxy) is 1. The lowest BCUT2D eigenvalue weighted by atomic mass is 10.1. The molecule has 2 aliphatic rings. The number of methoxy groups -OCH3 is 1. The summed E-state index contributed by atoms with van der Waals surface area (Å²) in [6.07, 6.45) is -3.70. The maximum atomic E-state index is 12.8. The van der Waals surface area contributed by atoms with Crippen LogP contribution in [0.4, 0.5) is 24.8 Å². The van der Waals surface area contributed by atoms with E-state index in [2.05, 4.69) is 26.9 Å². The van der Waals surface area contributed by atoms with Crippen molar-refractivity contribution in [3.8, 4) is 0 Å². The van der Waals surface area contributed by atoms with Gasteiger partial charge in [0.2, 0.25) is 5.69 Å². The van der Waals surface area contributed by atoms with Gasteiger partial charge in [0.15, 0.2) is 16.0 Å². The summed E-state index contributed by atoms with van der Waals surface area (Å²) in [4.78, 5) is 70.8. The number of carbonyl (C=O) groups is 3. The number of amides is 2. The molecule has 4 rings (SSSR count). The molecule has 268 valence electrons. The highest BCUT2D eigenvalue weighted by Crippen LogP contribution is 2.28. The van der Waals surface area contributed by atoms with Crippen LogP contribution in [0.25, 0.3) is 0 Å². The maximum absolute atomic E-state index is 12.8. The van der Waals surface area contributed by atoms with Crippen molar-refractivity contribution in [2.45, 2.75) is 52.4 Å². The Kier molecular flexibility index (Phi) is 13.8. The number of rotatable bonds is 6. The number of nitrogens with zero attached hydrogens (tertiary/aromatic N) is 7. The lowest BCUT2D eigenvalue weighted by Crippen LogP contribution is -2.58. The van der Waals surface area contributed by atoms with Crippen LogP contribution < -0.4 is 32.0 Å². The molecule has 0 aromatic carbocycles. The van der Waals surface area contributed by atoms with E-state index in [1.807, 2.05) is 4.90 Å². The second kappa shape index (κ2) is 16.5. The summed E-state index contributed by atoms with van der Waals surface area (Å²) in [7, 11) is 4.03. The van der Waals surface area contributed by atoms with E-state index in [4.69, 9.17) is 28.9 Å². The van der Waals surface area contributed by atoms with Gasteiger partial charge in [-0.3, -0.25) is 28.3 Å². The van der Waals surface area contributed by atoms with E-state index in [1.165, 1.54) is 11.6 Å². The Morgan fingerprint density at radius 1 is 0.917 bits per heavy atom. The van der Waals surface area contributed by atoms with Gasteiger partial charge in [-0.1, -0.05) is 44.5 Å². The van der Waals surface area contributed by atoms with Gasteiger partial charge in [0.1, 0.15) is 11.6 Å². The first-order valence-corrected chi connectivity index (χ1v) is 15.3. The summed E-state index contributed by atoms with van der Waals surface area (Å²) in [5, 5.41) is 3.34. The number of piperazine rings is 2. The molecule has 0 radical (unpaired) electrons. The number of halogens is 5. The molecule has 3 N–H and O–H groups in total. The largest absolute Gasteiger partial charge is 0.471 e. The van der Waals surface area contributed by atoms with Crippen LogP contribution in [0.1, 0.15) is 55.1 Å². The van der Waals surface area contributed by atoms with Crippen LogP contribution >= 0.6 is 23.2 Å². The van der Waals surface area contributed by atoms with Crippen LogP contribution in [0.2, 0.25) is 10.3 Å². The van der Waals surface area contributed by atoms with Crippen molar-refractivity contribution < 1.29 is 32.3 Å². The number of anilines is 2. The van der Waals surface area contributed by atoms with Crippen LogP contribution in [-0.4, -0.2) is 106 Å². The normalized spacial score (nSPS) is 18.0. The second-order valence-corrected chi connectivity index (χ2v) is 11.5. The summed E-state index contributed by atoms with van der Waals surface area (Å²) < 4.78 is 45.2. The van der Waals surface area contributed by atoms with Crippen LogP contribution in [0.5, 0.6) is 0 Å². The number of carbonyl (C=O) groups excluding carboxylic acids is 3. The first kappa shape index (κ1) is 40.3. The molecule has 2 fully saturated rings. The highest BCUT2D eigenvalue weighted by Gasteiger charge is 2.46. The van der Waals surface area contributed by atoms with Gasteiger partial charge in [-0.25, -0.2) is 14.8 Å². The number of hydrogen-bond acceptors (Lipinski definition) is 11. The number of alkyl halides is 3. The van der Waals surface area contributed by atoms with Crippen LogP contribution in [0, 0.1) is 0 Å². The topological polar surface area (TPSA) is 178 Å². The predicted octanol–water partition coefficient (Wildman–Crippen LogP) is 1.57. The molecule has 0 saturated carbocycles. The van der Waals surface area contributed by atoms with Gasteiger partial charge in [-0.15, -0.1) is 0 Å². The Labute approximate surface area is 284 Å². The third-order valence-electron chi connectivity index (χ3n) is 7.86. The molecule has 4 heterocycles. The molecule has 2 saturated heterocycles. The van der Waals surface area contributed by atoms with Gasteiger partial charge in [-0.05, 0) is 12.8 Å². The average Bonchev–Trinajstić information content (AvgIpc) is 3.03. The Balaban J connectivity index is 0.000000340. The van der Waals surface area contributed by atoms with Gasteiger partial charge < -0.3 is 30.5 Å². The minimum atomic E-state index is -4.95. The summed E-state index contributed by atoms with van der Waals surface area (Å²) in [6.45, 7) is 5.87. The van der Waals surface area contributed by atoms with Gasteiger partial charge in [0.05, 0.1) is 7.11 Å². The molecule has 0 bridgehead atoms. The highest BCUT2D eigenvalue weighted by molar-refractivity contribution is 6.32. The molecule has 48 heavy (non-hydrogen) atoms. The Hall–Kier alpha value is -3.90. The lowest BCUT2D eigenvalue weighted by molar-refractivity contribution is -0.188. The number of esters is 1. The molecule has 0 aliphatic carbocycles. The van der Waals surface area contributed by atoms with E-state index in [0.717, 1.165) is 42.6 Å². The lowest BCUT2D eigenvalue weighted by Gasteiger charge is -2.42. The number of nitrogens with two attached hydrogens (primary N) is 1. The minimum Gasteiger partial charge on any atom is -0.464 e. The molecule has 2 aromatic heterocycles. The number of aromatic nitrogens is 4. The van der Waals surface area contributed by atoms with E-state index < -0.39 is 46.8 Å². The zero-order valence-electron chi connectivity index (χ0n) is 26.4. The summed E-state index contributed by atoms with van der Waals surface area (Å²) in [5.41, 5.74) is 3.03. The van der Waals surface area contributed by atoms with Crippen molar-refractivity contribution in [3.05, 3.63) is 42.4 Å². The van der Waals surface area contributed by atoms with E-state index in [1.54, 1.807) is 18.9 Å². The van der Waals surface area contributed by atoms with Crippen molar-refractivity contribution in [2.75, 3.05) is 56.2 Å². The number of hydrogen-bond donors (Lipinski definition) is 2. The SMILES string of the molecule is C.CC[C@H]1CN(c2c(Cl)nc(C(=O)OC)c(=O)n2C)CCN1C(=O)C(F)(F)F.CC[C@H]1CN(c2c(Cl)nc(C(N)=O)c(=O)n2C)CCN1. The number of nitrogens with one attached hydrogen (secondary N) is 1. The molecule has 0 spiro atoms. The zero-order chi connectivity index (χ0) is 35.4. The molecule has 2 aromatic rings. The molecule has 2 atom stereocenters. The fourth-order valence-corrected chi connectivity index (χ4v) is 6.03. The van der Waals surface area contributed by atoms with Gasteiger partial charge in [0.25, 0.3) is 17.0 Å². The molecule has 2 amide bonds. The summed E-state index contributed by atoms with van der Waals surface area (Å²) in [5.74, 6) is -3.02. The smallest absolute Gasteiger partial charge is 0.464 e. The van der Waals surface area contributed by atoms with E-state index in [-0.39, 0.29) is 55.3 Å². The second-order valence-electron chi connectivity index (χ2n) is 10.7. The average molecular weight is 727 g/mol. The summed E-state index contributed by atoms with van der Waals surface area (Å²) in [6, 6.07) is -0.384. The van der Waals surface area contributed by atoms with Crippen molar-refractivity contribution in [1.29, 1.82) is 0 Å². The monoisotopic (exact) mass is 725 g/mol. The van der Waals surface area contributed by atoms with Crippen LogP contribution in [-0.2, 0) is 23.6 Å². The Bertz CT molecular complexity index is 1640.